The van der Waals surface area contributed by atoms with Gasteiger partial charge in [0, 0.05) is 50.2 Å². The van der Waals surface area contributed by atoms with Crippen molar-refractivity contribution in [2.45, 2.75) is 75.5 Å². The number of sulfonamides is 1. The fraction of sp³-hybridized carbons (Fsp3) is 0.500. The van der Waals surface area contributed by atoms with E-state index in [2.05, 4.69) is 10.0 Å². The van der Waals surface area contributed by atoms with Gasteiger partial charge in [-0.3, -0.25) is 14.4 Å². The van der Waals surface area contributed by atoms with Crippen LogP contribution in [0.5, 0.6) is 0 Å². The van der Waals surface area contributed by atoms with E-state index in [9.17, 15) is 22.8 Å². The molecule has 2 heterocycles. The van der Waals surface area contributed by atoms with Crippen LogP contribution in [0.25, 0.3) is 0 Å². The molecule has 6 N–H and O–H groups in total. The summed E-state index contributed by atoms with van der Waals surface area (Å²) in [7, 11) is -3.97. The van der Waals surface area contributed by atoms with Gasteiger partial charge in [-0.2, -0.15) is 0 Å². The molecule has 13 heteroatoms. The summed E-state index contributed by atoms with van der Waals surface area (Å²) in [4.78, 5) is 43.4. The standard InChI is InChI=1S/C30H41ClN6O5S/c31-24-10-9-22(17-32)23(15-24)18-34-29(39)27-16-25(33)19-37(27)30(40)26(11-12-28(38)36-13-5-2-6-14-36)35-43(41,42)20-21-7-3-1-4-8-21/h1,3-4,7-10,15,25-27,35H,2,5-6,11-14,16-20,32-33H2,(H,34,39). The van der Waals surface area contributed by atoms with Gasteiger partial charge in [-0.15, -0.1) is 0 Å². The van der Waals surface area contributed by atoms with Crippen molar-refractivity contribution in [3.63, 3.8) is 0 Å². The van der Waals surface area contributed by atoms with Crippen LogP contribution >= 0.6 is 11.6 Å². The van der Waals surface area contributed by atoms with Crippen LogP contribution in [0.2, 0.25) is 5.02 Å². The number of hydrogen-bond donors (Lipinski definition) is 4. The lowest BCUT2D eigenvalue weighted by atomic mass is 10.1. The van der Waals surface area contributed by atoms with E-state index in [-0.39, 0.29) is 50.6 Å². The zero-order valence-electron chi connectivity index (χ0n) is 24.2. The summed E-state index contributed by atoms with van der Waals surface area (Å²) in [5, 5.41) is 3.36. The molecule has 4 rings (SSSR count). The Balaban J connectivity index is 1.49. The lowest BCUT2D eigenvalue weighted by Crippen LogP contribution is -2.54. The predicted molar refractivity (Wildman–Crippen MR) is 165 cm³/mol. The highest BCUT2D eigenvalue weighted by Crippen LogP contribution is 2.22. The highest BCUT2D eigenvalue weighted by atomic mass is 35.5. The maximum atomic E-state index is 13.9. The van der Waals surface area contributed by atoms with Gasteiger partial charge >= 0.3 is 0 Å². The quantitative estimate of drug-likeness (QED) is 0.276. The van der Waals surface area contributed by atoms with Crippen molar-refractivity contribution in [1.29, 1.82) is 0 Å². The van der Waals surface area contributed by atoms with E-state index >= 15 is 0 Å². The maximum Gasteiger partial charge on any atom is 0.243 e. The van der Waals surface area contributed by atoms with Gasteiger partial charge in [-0.05, 0) is 60.9 Å². The van der Waals surface area contributed by atoms with Crippen LogP contribution in [0.15, 0.2) is 48.5 Å². The second-order valence-electron chi connectivity index (χ2n) is 11.2. The number of carbonyl (C=O) groups excluding carboxylic acids is 3. The number of piperidine rings is 1. The van der Waals surface area contributed by atoms with Gasteiger partial charge in [0.2, 0.25) is 27.7 Å². The molecule has 3 unspecified atom stereocenters. The molecule has 2 aromatic rings. The molecule has 3 atom stereocenters. The fourth-order valence-electron chi connectivity index (χ4n) is 5.67. The Labute approximate surface area is 258 Å². The second kappa shape index (κ2) is 15.1. The number of benzene rings is 2. The normalized spacial score (nSPS) is 19.7. The topological polar surface area (TPSA) is 168 Å². The van der Waals surface area contributed by atoms with Gasteiger partial charge < -0.3 is 26.6 Å². The number of nitrogens with one attached hydrogen (secondary N) is 2. The SMILES string of the molecule is NCc1ccc(Cl)cc1CNC(=O)C1CC(N)CN1C(=O)C(CCC(=O)N1CCCCC1)NS(=O)(=O)Cc1ccccc1. The molecule has 0 radical (unpaired) electrons. The number of carbonyl (C=O) groups is 3. The average Bonchev–Trinajstić information content (AvgIpc) is 3.39. The summed E-state index contributed by atoms with van der Waals surface area (Å²) in [6.07, 6.45) is 3.08. The molecule has 11 nitrogen and oxygen atoms in total. The van der Waals surface area contributed by atoms with E-state index < -0.39 is 40.0 Å². The predicted octanol–water partition coefficient (Wildman–Crippen LogP) is 1.62. The summed E-state index contributed by atoms with van der Waals surface area (Å²) in [6.45, 7) is 1.80. The molecule has 3 amide bonds. The molecule has 234 valence electrons. The molecule has 0 spiro atoms. The zero-order chi connectivity index (χ0) is 31.0. The number of halogens is 1. The molecule has 2 aliphatic rings. The number of nitrogens with zero attached hydrogens (tertiary/aromatic N) is 2. The Morgan fingerprint density at radius 2 is 1.74 bits per heavy atom. The lowest BCUT2D eigenvalue weighted by molar-refractivity contribution is -0.140. The minimum absolute atomic E-state index is 0.00233. The number of amides is 3. The van der Waals surface area contributed by atoms with E-state index in [0.29, 0.717) is 23.7 Å². The second-order valence-corrected chi connectivity index (χ2v) is 13.4. The summed E-state index contributed by atoms with van der Waals surface area (Å²) >= 11 is 6.13. The fourth-order valence-corrected chi connectivity index (χ4v) is 7.23. The van der Waals surface area contributed by atoms with Crippen LogP contribution in [-0.2, 0) is 43.2 Å². The Bertz CT molecular complexity index is 1390. The van der Waals surface area contributed by atoms with Crippen molar-refractivity contribution >= 4 is 39.3 Å². The summed E-state index contributed by atoms with van der Waals surface area (Å²) in [5.74, 6) is -1.45. The molecule has 2 aliphatic heterocycles. The minimum Gasteiger partial charge on any atom is -0.350 e. The Kier molecular flexibility index (Phi) is 11.6. The van der Waals surface area contributed by atoms with E-state index in [1.54, 1.807) is 53.4 Å². The van der Waals surface area contributed by atoms with Crippen LogP contribution in [0, 0.1) is 0 Å². The highest BCUT2D eigenvalue weighted by Gasteiger charge is 2.41. The third-order valence-electron chi connectivity index (χ3n) is 7.94. The van der Waals surface area contributed by atoms with E-state index in [0.717, 1.165) is 30.4 Å². The van der Waals surface area contributed by atoms with Crippen molar-refractivity contribution in [2.75, 3.05) is 19.6 Å². The van der Waals surface area contributed by atoms with Crippen molar-refractivity contribution < 1.29 is 22.8 Å². The number of likely N-dealkylation sites (tertiary alicyclic amines) is 2. The smallest absolute Gasteiger partial charge is 0.243 e. The molecular formula is C30H41ClN6O5S. The van der Waals surface area contributed by atoms with Crippen molar-refractivity contribution in [2.24, 2.45) is 11.5 Å². The molecule has 43 heavy (non-hydrogen) atoms. The first-order chi connectivity index (χ1) is 20.6. The monoisotopic (exact) mass is 632 g/mol. The van der Waals surface area contributed by atoms with Gasteiger partial charge in [0.05, 0.1) is 5.75 Å². The van der Waals surface area contributed by atoms with Crippen molar-refractivity contribution in [3.8, 4) is 0 Å². The average molecular weight is 633 g/mol. The lowest BCUT2D eigenvalue weighted by Gasteiger charge is -2.30. The summed E-state index contributed by atoms with van der Waals surface area (Å²) in [6, 6.07) is 11.3. The van der Waals surface area contributed by atoms with Crippen molar-refractivity contribution in [1.82, 2.24) is 19.8 Å². The van der Waals surface area contributed by atoms with Gasteiger partial charge in [0.15, 0.2) is 0 Å². The molecule has 0 aliphatic carbocycles. The molecule has 2 fully saturated rings. The Morgan fingerprint density at radius 3 is 2.44 bits per heavy atom. The molecule has 0 bridgehead atoms. The zero-order valence-corrected chi connectivity index (χ0v) is 25.8. The Morgan fingerprint density at radius 1 is 1.02 bits per heavy atom. The van der Waals surface area contributed by atoms with Gasteiger partial charge in [-0.1, -0.05) is 48.0 Å². The summed E-state index contributed by atoms with van der Waals surface area (Å²) < 4.78 is 28.9. The first-order valence-corrected chi connectivity index (χ1v) is 16.7. The van der Waals surface area contributed by atoms with Crippen LogP contribution in [0.4, 0.5) is 0 Å². The van der Waals surface area contributed by atoms with Crippen LogP contribution in [-0.4, -0.2) is 73.7 Å². The van der Waals surface area contributed by atoms with Crippen LogP contribution in [0.1, 0.15) is 55.2 Å². The molecule has 2 aromatic carbocycles. The van der Waals surface area contributed by atoms with Crippen LogP contribution < -0.4 is 21.5 Å². The third kappa shape index (κ3) is 9.23. The molecular weight excluding hydrogens is 592 g/mol. The minimum atomic E-state index is -3.97. The van der Waals surface area contributed by atoms with Crippen LogP contribution in [0.3, 0.4) is 0 Å². The Hall–Kier alpha value is -3.03. The van der Waals surface area contributed by atoms with E-state index in [4.69, 9.17) is 23.1 Å². The maximum absolute atomic E-state index is 13.9. The number of hydrogen-bond acceptors (Lipinski definition) is 7. The van der Waals surface area contributed by atoms with E-state index in [1.807, 2.05) is 0 Å². The van der Waals surface area contributed by atoms with E-state index in [1.165, 1.54) is 4.90 Å². The van der Waals surface area contributed by atoms with Gasteiger partial charge in [0.1, 0.15) is 12.1 Å². The molecule has 0 saturated carbocycles. The van der Waals surface area contributed by atoms with Crippen molar-refractivity contribution in [3.05, 3.63) is 70.2 Å². The highest BCUT2D eigenvalue weighted by molar-refractivity contribution is 7.88. The molecule has 0 aromatic heterocycles. The van der Waals surface area contributed by atoms with Gasteiger partial charge in [0.25, 0.3) is 0 Å². The van der Waals surface area contributed by atoms with Gasteiger partial charge in [-0.25, -0.2) is 13.1 Å². The number of rotatable bonds is 12. The first kappa shape index (κ1) is 32.9. The summed E-state index contributed by atoms with van der Waals surface area (Å²) in [5.41, 5.74) is 14.2. The molecule has 2 saturated heterocycles. The first-order valence-electron chi connectivity index (χ1n) is 14.7. The number of nitrogens with two attached hydrogens (primary N) is 2. The largest absolute Gasteiger partial charge is 0.350 e. The third-order valence-corrected chi connectivity index (χ3v) is 9.53.